The Labute approximate surface area is 352 Å². The molecule has 2 aliphatic heterocycles. The van der Waals surface area contributed by atoms with Gasteiger partial charge in [-0.25, -0.2) is 9.80 Å². The molecule has 0 unspecified atom stereocenters. The lowest BCUT2D eigenvalue weighted by molar-refractivity contribution is 0.0667. The summed E-state index contributed by atoms with van der Waals surface area (Å²) >= 11 is 0. The third-order valence-corrected chi connectivity index (χ3v) is 11.6. The molecule has 2 heterocycles. The summed E-state index contributed by atoms with van der Waals surface area (Å²) in [4.78, 5) is 62.3. The van der Waals surface area contributed by atoms with E-state index in [1.54, 1.807) is 30.4 Å². The number of carbonyl (C=O) groups excluding carboxylic acids is 4. The normalized spacial score (nSPS) is 16.2. The Morgan fingerprint density at radius 1 is 0.639 bits per heavy atom. The molecule has 0 bridgehead atoms. The van der Waals surface area contributed by atoms with Gasteiger partial charge in [-0.3, -0.25) is 19.2 Å². The molecular formula is C53H38N4O4. The molecule has 0 aromatic heterocycles. The van der Waals surface area contributed by atoms with E-state index < -0.39 is 23.6 Å². The van der Waals surface area contributed by atoms with Gasteiger partial charge in [0.25, 0.3) is 23.6 Å². The molecule has 0 fully saturated rings. The van der Waals surface area contributed by atoms with E-state index in [9.17, 15) is 9.59 Å². The lowest BCUT2D eigenvalue weighted by Gasteiger charge is -2.34. The van der Waals surface area contributed by atoms with E-state index in [1.807, 2.05) is 85.0 Å². The first kappa shape index (κ1) is 37.2. The molecule has 0 saturated carbocycles. The quantitative estimate of drug-likeness (QED) is 0.102. The van der Waals surface area contributed by atoms with Crippen LogP contribution in [0.5, 0.6) is 0 Å². The Bertz CT molecular complexity index is 3080. The molecule has 5 aromatic carbocycles. The van der Waals surface area contributed by atoms with Gasteiger partial charge >= 0.3 is 0 Å². The van der Waals surface area contributed by atoms with Crippen LogP contribution in [0.3, 0.4) is 0 Å². The lowest BCUT2D eigenvalue weighted by atomic mass is 9.83. The van der Waals surface area contributed by atoms with Gasteiger partial charge in [-0.2, -0.15) is 0 Å². The van der Waals surface area contributed by atoms with Crippen LogP contribution in [0.2, 0.25) is 0 Å². The Morgan fingerprint density at radius 2 is 1.23 bits per heavy atom. The lowest BCUT2D eigenvalue weighted by Crippen LogP contribution is -2.43. The second-order valence-corrected chi connectivity index (χ2v) is 15.3. The number of benzene rings is 5. The van der Waals surface area contributed by atoms with Crippen molar-refractivity contribution < 1.29 is 19.2 Å². The van der Waals surface area contributed by atoms with E-state index in [4.69, 9.17) is 0 Å². The summed E-state index contributed by atoms with van der Waals surface area (Å²) in [5.41, 5.74) is 9.25. The monoisotopic (exact) mass is 794 g/mol. The topological polar surface area (TPSA) is 98.8 Å². The van der Waals surface area contributed by atoms with Gasteiger partial charge in [0.05, 0.1) is 39.3 Å². The number of hydrogen-bond acceptors (Lipinski definition) is 6. The van der Waals surface area contributed by atoms with Crippen LogP contribution in [0.15, 0.2) is 177 Å². The summed E-state index contributed by atoms with van der Waals surface area (Å²) in [6.07, 6.45) is 25.6. The van der Waals surface area contributed by atoms with E-state index in [1.165, 1.54) is 11.0 Å². The van der Waals surface area contributed by atoms with Gasteiger partial charge < -0.3 is 10.6 Å². The van der Waals surface area contributed by atoms with E-state index in [-0.39, 0.29) is 38.7 Å². The van der Waals surface area contributed by atoms with Crippen molar-refractivity contribution in [3.05, 3.63) is 216 Å². The molecule has 0 spiro atoms. The summed E-state index contributed by atoms with van der Waals surface area (Å²) in [5, 5.41) is 7.38. The third-order valence-electron chi connectivity index (χ3n) is 11.6. The molecule has 61 heavy (non-hydrogen) atoms. The van der Waals surface area contributed by atoms with Crippen LogP contribution >= 0.6 is 0 Å². The average Bonchev–Trinajstić information content (AvgIpc) is 4.11. The molecule has 0 atom stereocenters. The number of allylic oxidation sites excluding steroid dienone is 15. The van der Waals surface area contributed by atoms with Crippen molar-refractivity contribution in [1.29, 1.82) is 0 Å². The van der Waals surface area contributed by atoms with E-state index >= 15 is 9.59 Å². The van der Waals surface area contributed by atoms with Crippen LogP contribution in [-0.4, -0.2) is 28.5 Å². The fraction of sp³-hybridized carbons (Fsp3) is 0.0566. The number of hydrogen-bond donors (Lipinski definition) is 2. The molecule has 8 heteroatoms. The summed E-state index contributed by atoms with van der Waals surface area (Å²) < 4.78 is 0. The Hall–Kier alpha value is -8.10. The molecule has 294 valence electrons. The minimum absolute atomic E-state index is 0.133. The van der Waals surface area contributed by atoms with Crippen LogP contribution in [0, 0.1) is 0 Å². The van der Waals surface area contributed by atoms with Gasteiger partial charge in [-0.15, -0.1) is 0 Å². The fourth-order valence-corrected chi connectivity index (χ4v) is 8.74. The van der Waals surface area contributed by atoms with Crippen LogP contribution in [0.1, 0.15) is 77.4 Å². The van der Waals surface area contributed by atoms with Crippen molar-refractivity contribution in [1.82, 2.24) is 4.90 Å². The van der Waals surface area contributed by atoms with Gasteiger partial charge in [0.2, 0.25) is 0 Å². The Morgan fingerprint density at radius 3 is 1.84 bits per heavy atom. The van der Waals surface area contributed by atoms with E-state index in [2.05, 4.69) is 60.2 Å². The first-order valence-electron chi connectivity index (χ1n) is 20.2. The van der Waals surface area contributed by atoms with Crippen LogP contribution < -0.4 is 15.5 Å². The first-order valence-corrected chi connectivity index (χ1v) is 20.2. The second kappa shape index (κ2) is 14.9. The number of carbonyl (C=O) groups is 4. The molecule has 8 nitrogen and oxygen atoms in total. The standard InChI is InChI=1S/C53H38N4O4/c1-3-4-14-32(2)56-50(58)42-30-45(55-40-25-12-22-37(28-40)34-17-7-8-18-34)49-47-43(51(59)57(53(49)61)41-26-13-23-38(29-41)35-19-9-10-20-35)31-44(48(46(42)47)52(56)60)54-39-24-11-21-36(27-39)33-15-5-6-16-33/h3-7,9-15,17-19,21-31,54-55H,1-2,8,16,20H2/b14-4-. The molecule has 3 aliphatic carbocycles. The summed E-state index contributed by atoms with van der Waals surface area (Å²) in [6, 6.07) is 26.3. The SMILES string of the molecule is C=C/C=C\C(=C)N1C(=O)c2cc(Nc3cccc(C4=CCC=C4)c3)c3c4c(cc(Nc5cccc(C6=CC=CC6)c5)c(c24)C1=O)C(=O)N(c1cccc(C2=CC=CC2)c1)C3=O. The van der Waals surface area contributed by atoms with Crippen molar-refractivity contribution in [2.75, 3.05) is 15.5 Å². The molecule has 4 amide bonds. The third kappa shape index (κ3) is 6.33. The zero-order valence-corrected chi connectivity index (χ0v) is 33.1. The number of amides is 4. The molecule has 0 saturated heterocycles. The predicted molar refractivity (Wildman–Crippen MR) is 245 cm³/mol. The van der Waals surface area contributed by atoms with Gasteiger partial charge in [0, 0.05) is 27.8 Å². The van der Waals surface area contributed by atoms with Gasteiger partial charge in [-0.05, 0) is 107 Å². The molecular weight excluding hydrogens is 757 g/mol. The molecule has 10 rings (SSSR count). The highest BCUT2D eigenvalue weighted by Gasteiger charge is 2.44. The van der Waals surface area contributed by atoms with Crippen molar-refractivity contribution >= 4 is 79.6 Å². The minimum atomic E-state index is -0.644. The maximum Gasteiger partial charge on any atom is 0.268 e. The largest absolute Gasteiger partial charge is 0.355 e. The number of rotatable bonds is 11. The highest BCUT2D eigenvalue weighted by Crippen LogP contribution is 2.47. The van der Waals surface area contributed by atoms with E-state index in [0.29, 0.717) is 28.4 Å². The predicted octanol–water partition coefficient (Wildman–Crippen LogP) is 12.0. The highest BCUT2D eigenvalue weighted by molar-refractivity contribution is 6.42. The van der Waals surface area contributed by atoms with Crippen LogP contribution in [-0.2, 0) is 0 Å². The molecule has 2 N–H and O–H groups in total. The number of nitrogens with one attached hydrogen (secondary N) is 2. The maximum absolute atomic E-state index is 15.2. The van der Waals surface area contributed by atoms with Crippen LogP contribution in [0.4, 0.5) is 28.4 Å². The average molecular weight is 795 g/mol. The molecule has 5 aliphatic rings. The number of anilines is 5. The van der Waals surface area contributed by atoms with Gasteiger partial charge in [0.1, 0.15) is 0 Å². The van der Waals surface area contributed by atoms with Gasteiger partial charge in [0.15, 0.2) is 0 Å². The Kier molecular flexibility index (Phi) is 9.10. The van der Waals surface area contributed by atoms with Gasteiger partial charge in [-0.1, -0.05) is 116 Å². The summed E-state index contributed by atoms with van der Waals surface area (Å²) in [5.74, 6) is -2.45. The maximum atomic E-state index is 15.2. The van der Waals surface area contributed by atoms with Crippen molar-refractivity contribution in [2.24, 2.45) is 0 Å². The minimum Gasteiger partial charge on any atom is -0.355 e. The zero-order chi connectivity index (χ0) is 41.8. The number of imide groups is 2. The molecule has 0 radical (unpaired) electrons. The zero-order valence-electron chi connectivity index (χ0n) is 33.1. The van der Waals surface area contributed by atoms with Crippen molar-refractivity contribution in [3.63, 3.8) is 0 Å². The Balaban J connectivity index is 1.21. The number of nitrogens with zero attached hydrogens (tertiary/aromatic N) is 2. The van der Waals surface area contributed by atoms with Crippen molar-refractivity contribution in [3.8, 4) is 0 Å². The highest BCUT2D eigenvalue weighted by atomic mass is 16.2. The first-order chi connectivity index (χ1) is 29.8. The van der Waals surface area contributed by atoms with Crippen molar-refractivity contribution in [2.45, 2.75) is 19.3 Å². The fourth-order valence-electron chi connectivity index (χ4n) is 8.74. The molecule has 5 aromatic rings. The van der Waals surface area contributed by atoms with Crippen LogP contribution in [0.25, 0.3) is 27.5 Å². The van der Waals surface area contributed by atoms with E-state index in [0.717, 1.165) is 57.6 Å². The second-order valence-electron chi connectivity index (χ2n) is 15.3. The summed E-state index contributed by atoms with van der Waals surface area (Å²) in [7, 11) is 0. The smallest absolute Gasteiger partial charge is 0.268 e. The summed E-state index contributed by atoms with van der Waals surface area (Å²) in [6.45, 7) is 7.84.